The fourth-order valence-corrected chi connectivity index (χ4v) is 20.5. The maximum absolute atomic E-state index is 14.0. The number of nitrogen functional groups attached to an aromatic ring is 2. The topological polar surface area (TPSA) is 690 Å². The third kappa shape index (κ3) is 27.7. The van der Waals surface area contributed by atoms with Gasteiger partial charge in [-0.3, -0.25) is 9.11 Å². The molecule has 6 N–H and O–H groups in total. The Kier molecular flexibility index (Phi) is 39.1. The number of rotatable bonds is 31. The van der Waals surface area contributed by atoms with Crippen molar-refractivity contribution in [2.75, 3.05) is 59.2 Å². The van der Waals surface area contributed by atoms with Gasteiger partial charge < -0.3 is 39.9 Å². The van der Waals surface area contributed by atoms with Crippen molar-refractivity contribution in [1.82, 2.24) is 0 Å². The first kappa shape index (κ1) is 104. The molecule has 58 heteroatoms. The van der Waals surface area contributed by atoms with E-state index in [1.54, 1.807) is 0 Å². The second kappa shape index (κ2) is 41.4. The predicted molar refractivity (Wildman–Crippen MR) is 358 cm³/mol. The molecule has 110 heavy (non-hydrogen) atoms. The second-order valence-corrected chi connectivity index (χ2v) is 39.3. The number of sulfone groups is 4. The maximum atomic E-state index is 14.0. The van der Waals surface area contributed by atoms with Crippen LogP contribution in [0.15, 0.2) is 201 Å². The summed E-state index contributed by atoms with van der Waals surface area (Å²) in [5, 5.41) is 54.6. The number of hydrogen-bond donors (Lipinski definition) is 4. The van der Waals surface area contributed by atoms with Crippen LogP contribution in [0.1, 0.15) is 0 Å². The molecule has 0 amide bonds. The molecule has 0 unspecified atom stereocenters. The van der Waals surface area contributed by atoms with Gasteiger partial charge in [-0.2, -0.15) is 37.3 Å². The van der Waals surface area contributed by atoms with Crippen molar-refractivity contribution in [3.05, 3.63) is 121 Å². The number of benzene rings is 8. The van der Waals surface area contributed by atoms with Crippen molar-refractivity contribution in [3.63, 3.8) is 0 Å². The van der Waals surface area contributed by atoms with Crippen LogP contribution in [-0.4, -0.2) is 159 Å². The standard InChI is InChI=1S/C52H48N10O30S12.6Na/c53-45-43-29(25-39(99(73,74)75)47(45)59-55-31-1-9-35(10-2-31)95(65,66)21-17-91-103(85,86)87)27-41(101(79,80)81)49(51(43)63)61-57-33-5-13-37(14-6-33)97(69,70)23-19-93-94-20-24-98(71,72)38-15-7-34(8-16-38)58-62-50-42(102(82,83)84)28-30-26-40(100(76,77)78)48(46(54)44(30)52(50)64)60-56-32-3-11-36(12-4-32)96(67,68)22-18-92-104(88,89)90;;;;;;/h1-16,25-28,63-64H,17-24,53-54H2,(H,73,74,75)(H,76,77,78)(H,79,80,81)(H,82,83,84)(H,85,86,87)(H,88,89,90);;;;;;/q;6*+1/p-6. The van der Waals surface area contributed by atoms with Crippen LogP contribution < -0.4 is 199 Å². The summed E-state index contributed by atoms with van der Waals surface area (Å²) in [5.74, 6) is -6.02. The van der Waals surface area contributed by atoms with Crippen molar-refractivity contribution in [2.24, 2.45) is 40.9 Å². The number of azo groups is 4. The second-order valence-electron chi connectivity index (χ2n) is 20.6. The minimum absolute atomic E-state index is 0. The van der Waals surface area contributed by atoms with Gasteiger partial charge in [-0.05, 0) is 132 Å². The molecule has 0 atom stereocenters. The molecular formula is C52H42N10Na6O30S12. The van der Waals surface area contributed by atoms with Gasteiger partial charge >= 0.3 is 198 Å². The molecule has 0 saturated heterocycles. The van der Waals surface area contributed by atoms with Crippen LogP contribution in [-0.2, 0) is 109 Å². The minimum atomic E-state index is -5.68. The quantitative estimate of drug-likeness (QED) is 0.00783. The van der Waals surface area contributed by atoms with E-state index in [1.165, 1.54) is 0 Å². The molecular weight excluding hydrogens is 1770 g/mol. The molecule has 8 aromatic rings. The van der Waals surface area contributed by atoms with Gasteiger partial charge in [0, 0.05) is 22.3 Å². The summed E-state index contributed by atoms with van der Waals surface area (Å²) in [4.78, 5) is -6.67. The van der Waals surface area contributed by atoms with Crippen LogP contribution in [0.2, 0.25) is 0 Å². The number of anilines is 2. The molecule has 0 spiro atoms. The van der Waals surface area contributed by atoms with Crippen molar-refractivity contribution >= 4 is 201 Å². The number of hydrogen-bond acceptors (Lipinski definition) is 40. The molecule has 0 aromatic heterocycles. The van der Waals surface area contributed by atoms with E-state index in [2.05, 4.69) is 49.3 Å². The Hall–Kier alpha value is -2.24. The van der Waals surface area contributed by atoms with Gasteiger partial charge in [0.25, 0.3) is 0 Å². The third-order valence-corrected chi connectivity index (χ3v) is 27.7. The molecule has 8 aromatic carbocycles. The van der Waals surface area contributed by atoms with Crippen LogP contribution >= 0.6 is 21.6 Å². The van der Waals surface area contributed by atoms with Gasteiger partial charge in [-0.15, -0.1) is 20.5 Å². The molecule has 8 rings (SSSR count). The predicted octanol–water partition coefficient (Wildman–Crippen LogP) is -12.6. The molecule has 0 heterocycles. The maximum Gasteiger partial charge on any atom is 1.00 e. The smallest absolute Gasteiger partial charge is 0.870 e. The third-order valence-electron chi connectivity index (χ3n) is 13.6. The first-order valence-corrected chi connectivity index (χ1v) is 44.9. The Morgan fingerprint density at radius 3 is 0.755 bits per heavy atom. The summed E-state index contributed by atoms with van der Waals surface area (Å²) in [5.41, 5.74) is 5.25. The Bertz CT molecular complexity index is 5780. The van der Waals surface area contributed by atoms with Gasteiger partial charge in [0.1, 0.15) is 51.8 Å². The summed E-state index contributed by atoms with van der Waals surface area (Å²) in [6.07, 6.45) is 0. The van der Waals surface area contributed by atoms with Gasteiger partial charge in [0.05, 0.1) is 121 Å². The van der Waals surface area contributed by atoms with E-state index in [9.17, 15) is 113 Å². The molecule has 40 nitrogen and oxygen atoms in total. The fraction of sp³-hybridized carbons (Fsp3) is 0.154. The largest absolute Gasteiger partial charge is 1.00 e. The average molecular weight is 1810 g/mol. The zero-order valence-corrected chi connectivity index (χ0v) is 79.0. The van der Waals surface area contributed by atoms with Crippen LogP contribution in [0.4, 0.5) is 56.9 Å². The molecule has 0 bridgehead atoms. The van der Waals surface area contributed by atoms with Crippen molar-refractivity contribution in [2.45, 2.75) is 39.2 Å². The van der Waals surface area contributed by atoms with Gasteiger partial charge in [0.2, 0.25) is 0 Å². The van der Waals surface area contributed by atoms with Crippen LogP contribution in [0, 0.1) is 0 Å². The molecule has 0 radical (unpaired) electrons. The first-order chi connectivity index (χ1) is 48.0. The van der Waals surface area contributed by atoms with Crippen molar-refractivity contribution in [3.8, 4) is 11.5 Å². The van der Waals surface area contributed by atoms with E-state index in [0.717, 1.165) is 119 Å². The van der Waals surface area contributed by atoms with Crippen molar-refractivity contribution in [1.29, 1.82) is 0 Å². The zero-order valence-electron chi connectivity index (χ0n) is 57.2. The Labute approximate surface area is 768 Å². The number of nitrogens with zero attached hydrogens (tertiary/aromatic N) is 8. The Morgan fingerprint density at radius 2 is 0.536 bits per heavy atom. The number of nitrogens with two attached hydrogens (primary N) is 2. The van der Waals surface area contributed by atoms with Gasteiger partial charge in [-0.25, -0.2) is 75.7 Å². The van der Waals surface area contributed by atoms with E-state index in [4.69, 9.17) is 20.6 Å². The Balaban J connectivity index is 0.00000684. The summed E-state index contributed by atoms with van der Waals surface area (Å²) < 4.78 is 322. The number of fused-ring (bicyclic) bond motifs is 2. The zero-order chi connectivity index (χ0) is 77.1. The van der Waals surface area contributed by atoms with Crippen LogP contribution in [0.25, 0.3) is 21.5 Å². The summed E-state index contributed by atoms with van der Waals surface area (Å²) >= 11 is 0. The molecule has 0 fully saturated rings. The Morgan fingerprint density at radius 1 is 0.327 bits per heavy atom. The van der Waals surface area contributed by atoms with Crippen molar-refractivity contribution < 1.29 is 307 Å². The molecule has 558 valence electrons. The molecule has 0 aliphatic carbocycles. The van der Waals surface area contributed by atoms with Gasteiger partial charge in [-0.1, -0.05) is 33.1 Å². The monoisotopic (exact) mass is 1810 g/mol. The van der Waals surface area contributed by atoms with Crippen LogP contribution in [0.3, 0.4) is 0 Å². The molecule has 0 aliphatic heterocycles. The molecule has 0 saturated carbocycles. The SMILES string of the molecule is Nc1c(N=Nc2ccc(S(=O)(=O)CCOS(=O)(=O)O)cc2)c(S(=O)(=O)[O-])cc2cc(S(=O)(=O)[O-])c(N=Nc3ccc(S(=O)(=O)CCSSCCS(=O)(=O)c4ccc(N=Nc5c(S(=O)(=O)[O-])cc6cc(S(=O)(=O)[O-])c(N=Nc7ccc(S(=O)(=O)CCOS(=O)(=O)O)cc7)c(N)c6c5[O-])cc4)cc3)c([O-])c12.[Na+].[Na+].[Na+].[Na+].[Na+].[Na+]. The summed E-state index contributed by atoms with van der Waals surface area (Å²) in [7, 11) is -47.2. The van der Waals surface area contributed by atoms with E-state index in [-0.39, 0.29) is 221 Å². The normalized spacial score (nSPS) is 12.8. The summed E-state index contributed by atoms with van der Waals surface area (Å²) in [6.45, 7) is -1.92. The summed E-state index contributed by atoms with van der Waals surface area (Å²) in [6, 6.07) is 18.2. The van der Waals surface area contributed by atoms with E-state index in [1.807, 2.05) is 0 Å². The van der Waals surface area contributed by atoms with Crippen LogP contribution in [0.5, 0.6) is 11.5 Å². The fourth-order valence-electron chi connectivity index (χ4n) is 8.84. The first-order valence-electron chi connectivity index (χ1n) is 27.5. The minimum Gasteiger partial charge on any atom is -0.870 e. The van der Waals surface area contributed by atoms with Gasteiger partial charge in [0.15, 0.2) is 39.3 Å². The van der Waals surface area contributed by atoms with E-state index in [0.29, 0.717) is 24.3 Å². The van der Waals surface area contributed by atoms with E-state index < -0.39 is 233 Å². The average Bonchev–Trinajstić information content (AvgIpc) is 0.744. The molecule has 0 aliphatic rings. The van der Waals surface area contributed by atoms with E-state index >= 15 is 0 Å².